The molecule has 0 N–H and O–H groups in total. The lowest BCUT2D eigenvalue weighted by Crippen LogP contribution is -2.27. The van der Waals surface area contributed by atoms with Crippen LogP contribution in [0.2, 0.25) is 0 Å². The standard InChI is InChI=1S/C37H40N2O4/c1-2-6-29(8-9-31-26-40-27-31)7-4-3-5-23-38-32-12-18-35(19-13-32)43-36-20-14-33(15-21-36)39-25-30-10-16-34(17-11-30)41-24-22-37-28-42-37/h2,4,6-7,10-21,23,25,31,37H,1,3,5,8-9,22,24,26-28H2/b7-4-,29-6+,38-23?,39-25?. The molecule has 6 heteroatoms. The van der Waals surface area contributed by atoms with Crippen LogP contribution in [0.4, 0.5) is 11.4 Å². The van der Waals surface area contributed by atoms with E-state index in [1.807, 2.05) is 91.3 Å². The number of benzene rings is 3. The fourth-order valence-corrected chi connectivity index (χ4v) is 4.45. The van der Waals surface area contributed by atoms with Crippen LogP contribution in [0.3, 0.4) is 0 Å². The average Bonchev–Trinajstić information content (AvgIpc) is 3.84. The number of rotatable bonds is 17. The lowest BCUT2D eigenvalue weighted by atomic mass is 9.97. The average molecular weight is 577 g/mol. The van der Waals surface area contributed by atoms with Crippen molar-refractivity contribution in [1.82, 2.24) is 0 Å². The molecule has 1 atom stereocenters. The third-order valence-corrected chi connectivity index (χ3v) is 7.18. The lowest BCUT2D eigenvalue weighted by Gasteiger charge is -2.25. The van der Waals surface area contributed by atoms with Crippen LogP contribution in [0.25, 0.3) is 0 Å². The number of hydrogen-bond acceptors (Lipinski definition) is 6. The normalized spacial score (nSPS) is 17.0. The molecule has 3 aromatic rings. The zero-order valence-corrected chi connectivity index (χ0v) is 24.6. The zero-order valence-electron chi connectivity index (χ0n) is 24.6. The van der Waals surface area contributed by atoms with Gasteiger partial charge in [-0.1, -0.05) is 30.9 Å². The molecule has 0 bridgehead atoms. The van der Waals surface area contributed by atoms with Crippen molar-refractivity contribution in [3.63, 3.8) is 0 Å². The van der Waals surface area contributed by atoms with Gasteiger partial charge >= 0.3 is 0 Å². The maximum absolute atomic E-state index is 6.01. The molecule has 0 saturated carbocycles. The van der Waals surface area contributed by atoms with E-state index in [0.29, 0.717) is 18.6 Å². The van der Waals surface area contributed by atoms with Crippen molar-refractivity contribution in [3.05, 3.63) is 115 Å². The Morgan fingerprint density at radius 1 is 0.814 bits per heavy atom. The van der Waals surface area contributed by atoms with Crippen molar-refractivity contribution in [2.45, 2.75) is 38.2 Å². The van der Waals surface area contributed by atoms with E-state index in [1.54, 1.807) is 0 Å². The molecular weight excluding hydrogens is 536 g/mol. The van der Waals surface area contributed by atoms with E-state index in [4.69, 9.17) is 18.9 Å². The molecule has 2 saturated heterocycles. The Hall–Kier alpha value is -4.26. The summed E-state index contributed by atoms with van der Waals surface area (Å²) in [6, 6.07) is 23.5. The summed E-state index contributed by atoms with van der Waals surface area (Å²) in [5, 5.41) is 0. The van der Waals surface area contributed by atoms with Gasteiger partial charge in [0, 0.05) is 24.8 Å². The first kappa shape index (κ1) is 30.2. The van der Waals surface area contributed by atoms with Crippen molar-refractivity contribution in [2.75, 3.05) is 26.4 Å². The highest BCUT2D eigenvalue weighted by molar-refractivity contribution is 5.82. The van der Waals surface area contributed by atoms with E-state index in [1.165, 1.54) is 12.0 Å². The number of allylic oxidation sites excluding steroid dienone is 5. The van der Waals surface area contributed by atoms with E-state index in [0.717, 1.165) is 79.7 Å². The molecule has 5 rings (SSSR count). The van der Waals surface area contributed by atoms with Crippen molar-refractivity contribution >= 4 is 23.8 Å². The maximum atomic E-state index is 6.01. The number of epoxide rings is 1. The molecule has 0 radical (unpaired) electrons. The summed E-state index contributed by atoms with van der Waals surface area (Å²) < 4.78 is 22.2. The number of ether oxygens (including phenoxy) is 4. The molecule has 0 amide bonds. The van der Waals surface area contributed by atoms with Gasteiger partial charge < -0.3 is 18.9 Å². The highest BCUT2D eigenvalue weighted by atomic mass is 16.6. The summed E-state index contributed by atoms with van der Waals surface area (Å²) in [5.41, 5.74) is 4.09. The van der Waals surface area contributed by atoms with Crippen LogP contribution in [0, 0.1) is 5.92 Å². The van der Waals surface area contributed by atoms with Crippen molar-refractivity contribution in [1.29, 1.82) is 0 Å². The number of nitrogens with zero attached hydrogens (tertiary/aromatic N) is 2. The molecule has 0 spiro atoms. The second-order valence-electron chi connectivity index (χ2n) is 10.7. The number of unbranched alkanes of at least 4 members (excludes halogenated alkanes) is 1. The first-order chi connectivity index (χ1) is 21.2. The fourth-order valence-electron chi connectivity index (χ4n) is 4.45. The van der Waals surface area contributed by atoms with Crippen LogP contribution in [-0.4, -0.2) is 45.0 Å². The van der Waals surface area contributed by atoms with E-state index in [-0.39, 0.29) is 0 Å². The van der Waals surface area contributed by atoms with Crippen molar-refractivity contribution in [2.24, 2.45) is 15.9 Å². The van der Waals surface area contributed by atoms with Gasteiger partial charge in [0.05, 0.1) is 43.9 Å². The molecule has 2 aliphatic heterocycles. The molecule has 0 aliphatic carbocycles. The van der Waals surface area contributed by atoms with Crippen LogP contribution in [0.5, 0.6) is 17.2 Å². The molecule has 0 aromatic heterocycles. The minimum atomic E-state index is 0.389. The summed E-state index contributed by atoms with van der Waals surface area (Å²) in [6.07, 6.45) is 17.6. The van der Waals surface area contributed by atoms with Crippen LogP contribution in [0.1, 0.15) is 37.7 Å². The van der Waals surface area contributed by atoms with E-state index >= 15 is 0 Å². The summed E-state index contributed by atoms with van der Waals surface area (Å²) in [6.45, 7) is 7.19. The van der Waals surface area contributed by atoms with Gasteiger partial charge in [-0.15, -0.1) is 0 Å². The minimum Gasteiger partial charge on any atom is -0.493 e. The third kappa shape index (κ3) is 10.8. The topological polar surface area (TPSA) is 64.9 Å². The van der Waals surface area contributed by atoms with Crippen LogP contribution in [0.15, 0.2) is 119 Å². The second-order valence-corrected chi connectivity index (χ2v) is 10.7. The molecule has 222 valence electrons. The van der Waals surface area contributed by atoms with Crippen LogP contribution >= 0.6 is 0 Å². The predicted molar refractivity (Wildman–Crippen MR) is 175 cm³/mol. The Balaban J connectivity index is 1.01. The second kappa shape index (κ2) is 16.4. The predicted octanol–water partition coefficient (Wildman–Crippen LogP) is 8.97. The number of aliphatic imine (C=N–C) groups is 2. The molecule has 2 heterocycles. The van der Waals surface area contributed by atoms with E-state index in [2.05, 4.69) is 34.8 Å². The van der Waals surface area contributed by atoms with Crippen LogP contribution < -0.4 is 9.47 Å². The van der Waals surface area contributed by atoms with Crippen molar-refractivity contribution in [3.8, 4) is 17.2 Å². The summed E-state index contributed by atoms with van der Waals surface area (Å²) >= 11 is 0. The van der Waals surface area contributed by atoms with Gasteiger partial charge in [-0.2, -0.15) is 0 Å². The van der Waals surface area contributed by atoms with Gasteiger partial charge in [-0.05, 0) is 110 Å². The van der Waals surface area contributed by atoms with Gasteiger partial charge in [0.1, 0.15) is 17.2 Å². The van der Waals surface area contributed by atoms with Gasteiger partial charge in [-0.3, -0.25) is 9.98 Å². The lowest BCUT2D eigenvalue weighted by molar-refractivity contribution is -0.0351. The molecule has 43 heavy (non-hydrogen) atoms. The Labute approximate surface area is 255 Å². The molecule has 6 nitrogen and oxygen atoms in total. The zero-order chi connectivity index (χ0) is 29.5. The highest BCUT2D eigenvalue weighted by Gasteiger charge is 2.21. The molecule has 2 fully saturated rings. The minimum absolute atomic E-state index is 0.389. The number of hydrogen-bond donors (Lipinski definition) is 0. The maximum Gasteiger partial charge on any atom is 0.127 e. The first-order valence-electron chi connectivity index (χ1n) is 15.1. The largest absolute Gasteiger partial charge is 0.493 e. The summed E-state index contributed by atoms with van der Waals surface area (Å²) in [4.78, 5) is 9.16. The monoisotopic (exact) mass is 576 g/mol. The quantitative estimate of drug-likeness (QED) is 0.0696. The SMILES string of the molecule is C=C/C=C(\C=C/CCC=Nc1ccc(Oc2ccc(N=Cc3ccc(OCCC4CO4)cc3)cc2)cc1)CCC1COC1. The summed E-state index contributed by atoms with van der Waals surface area (Å²) in [7, 11) is 0. The van der Waals surface area contributed by atoms with Gasteiger partial charge in [0.15, 0.2) is 0 Å². The molecule has 3 aromatic carbocycles. The molecule has 2 aliphatic rings. The Bertz CT molecular complexity index is 1400. The van der Waals surface area contributed by atoms with Crippen molar-refractivity contribution < 1.29 is 18.9 Å². The van der Waals surface area contributed by atoms with Gasteiger partial charge in [0.25, 0.3) is 0 Å². The smallest absolute Gasteiger partial charge is 0.127 e. The van der Waals surface area contributed by atoms with Gasteiger partial charge in [-0.25, -0.2) is 0 Å². The molecule has 1 unspecified atom stereocenters. The van der Waals surface area contributed by atoms with Crippen LogP contribution in [-0.2, 0) is 9.47 Å². The Kier molecular flexibility index (Phi) is 11.5. The fraction of sp³-hybridized carbons (Fsp3) is 0.297. The summed E-state index contributed by atoms with van der Waals surface area (Å²) in [5.74, 6) is 3.09. The first-order valence-corrected chi connectivity index (χ1v) is 15.1. The third-order valence-electron chi connectivity index (χ3n) is 7.18. The Morgan fingerprint density at radius 3 is 2.12 bits per heavy atom. The highest BCUT2D eigenvalue weighted by Crippen LogP contribution is 2.26. The van der Waals surface area contributed by atoms with E-state index in [9.17, 15) is 0 Å². The van der Waals surface area contributed by atoms with Gasteiger partial charge in [0.2, 0.25) is 0 Å². The Morgan fingerprint density at radius 2 is 1.49 bits per heavy atom. The molecular formula is C37H40N2O4. The van der Waals surface area contributed by atoms with E-state index < -0.39 is 0 Å².